The molecule has 3 aliphatic rings. The van der Waals surface area contributed by atoms with Crippen LogP contribution in [0, 0.1) is 11.8 Å². The van der Waals surface area contributed by atoms with Gasteiger partial charge in [0.25, 0.3) is 0 Å². The van der Waals surface area contributed by atoms with E-state index in [0.29, 0.717) is 6.04 Å². The Labute approximate surface area is 114 Å². The van der Waals surface area contributed by atoms with Crippen molar-refractivity contribution in [1.29, 1.82) is 0 Å². The zero-order valence-electron chi connectivity index (χ0n) is 11.3. The minimum absolute atomic E-state index is 0.0593. The van der Waals surface area contributed by atoms with Gasteiger partial charge in [0, 0.05) is 25.7 Å². The lowest BCUT2D eigenvalue weighted by Crippen LogP contribution is -2.49. The molecule has 3 nitrogen and oxygen atoms in total. The summed E-state index contributed by atoms with van der Waals surface area (Å²) in [5.74, 6) is 4.32. The SMILES string of the molecule is CNC(C1CCSC1)C1CCOC2(CCOC2)C1. The molecular formula is C14H25NO2S. The first kappa shape index (κ1) is 13.2. The highest BCUT2D eigenvalue weighted by atomic mass is 32.2. The van der Waals surface area contributed by atoms with Gasteiger partial charge in [-0.3, -0.25) is 0 Å². The molecule has 0 aliphatic carbocycles. The monoisotopic (exact) mass is 271 g/mol. The summed E-state index contributed by atoms with van der Waals surface area (Å²) in [5.41, 5.74) is 0.0593. The quantitative estimate of drug-likeness (QED) is 0.849. The number of hydrogen-bond acceptors (Lipinski definition) is 4. The molecule has 3 saturated heterocycles. The maximum Gasteiger partial charge on any atom is 0.0939 e. The summed E-state index contributed by atoms with van der Waals surface area (Å²) in [6.07, 6.45) is 4.89. The van der Waals surface area contributed by atoms with E-state index in [4.69, 9.17) is 9.47 Å². The van der Waals surface area contributed by atoms with Crippen LogP contribution in [-0.2, 0) is 9.47 Å². The molecule has 3 rings (SSSR count). The van der Waals surface area contributed by atoms with E-state index >= 15 is 0 Å². The molecule has 0 amide bonds. The number of rotatable bonds is 3. The number of nitrogens with one attached hydrogen (secondary N) is 1. The van der Waals surface area contributed by atoms with Gasteiger partial charge in [-0.25, -0.2) is 0 Å². The van der Waals surface area contributed by atoms with E-state index in [1.807, 2.05) is 0 Å². The third-order valence-electron chi connectivity index (χ3n) is 4.91. The summed E-state index contributed by atoms with van der Waals surface area (Å²) in [4.78, 5) is 0. The standard InChI is InChI=1S/C14H25NO2S/c1-15-13(12-3-7-18-9-12)11-2-5-17-14(8-11)4-6-16-10-14/h11-13,15H,2-10H2,1H3. The Balaban J connectivity index is 1.66. The molecule has 3 heterocycles. The zero-order chi connectivity index (χ0) is 12.4. The fourth-order valence-corrected chi connectivity index (χ4v) is 5.24. The summed E-state index contributed by atoms with van der Waals surface area (Å²) in [5, 5.41) is 3.61. The lowest BCUT2D eigenvalue weighted by Gasteiger charge is -2.42. The highest BCUT2D eigenvalue weighted by Crippen LogP contribution is 2.40. The second-order valence-electron chi connectivity index (χ2n) is 6.03. The van der Waals surface area contributed by atoms with Gasteiger partial charge in [-0.15, -0.1) is 0 Å². The molecule has 4 unspecified atom stereocenters. The van der Waals surface area contributed by atoms with E-state index in [2.05, 4.69) is 24.1 Å². The molecule has 4 atom stereocenters. The minimum Gasteiger partial charge on any atom is -0.378 e. The predicted molar refractivity (Wildman–Crippen MR) is 75.1 cm³/mol. The zero-order valence-corrected chi connectivity index (χ0v) is 12.1. The number of ether oxygens (including phenoxy) is 2. The Morgan fingerprint density at radius 1 is 1.28 bits per heavy atom. The Morgan fingerprint density at radius 2 is 2.22 bits per heavy atom. The molecule has 18 heavy (non-hydrogen) atoms. The Bertz CT molecular complexity index is 275. The van der Waals surface area contributed by atoms with Crippen LogP contribution < -0.4 is 5.32 Å². The first-order valence-electron chi connectivity index (χ1n) is 7.30. The molecule has 1 N–H and O–H groups in total. The van der Waals surface area contributed by atoms with Crippen LogP contribution in [0.4, 0.5) is 0 Å². The predicted octanol–water partition coefficient (Wildman–Crippen LogP) is 1.91. The molecule has 3 aliphatic heterocycles. The number of thioether (sulfide) groups is 1. The van der Waals surface area contributed by atoms with Crippen LogP contribution in [-0.4, -0.2) is 50.0 Å². The van der Waals surface area contributed by atoms with Crippen molar-refractivity contribution in [2.24, 2.45) is 11.8 Å². The molecule has 0 aromatic heterocycles. The average Bonchev–Trinajstić information content (AvgIpc) is 3.03. The van der Waals surface area contributed by atoms with Crippen LogP contribution in [0.5, 0.6) is 0 Å². The lowest BCUT2D eigenvalue weighted by molar-refractivity contribution is -0.105. The summed E-state index contributed by atoms with van der Waals surface area (Å²) in [7, 11) is 2.14. The fraction of sp³-hybridized carbons (Fsp3) is 1.00. The first-order chi connectivity index (χ1) is 8.83. The van der Waals surface area contributed by atoms with Crippen molar-refractivity contribution < 1.29 is 9.47 Å². The molecule has 3 fully saturated rings. The van der Waals surface area contributed by atoms with Gasteiger partial charge in [-0.2, -0.15) is 11.8 Å². The van der Waals surface area contributed by atoms with Crippen molar-refractivity contribution in [3.05, 3.63) is 0 Å². The van der Waals surface area contributed by atoms with Gasteiger partial charge in [0.05, 0.1) is 12.2 Å². The fourth-order valence-electron chi connectivity index (χ4n) is 3.93. The van der Waals surface area contributed by atoms with Crippen LogP contribution in [0.2, 0.25) is 0 Å². The van der Waals surface area contributed by atoms with Gasteiger partial charge in [0.15, 0.2) is 0 Å². The van der Waals surface area contributed by atoms with Crippen molar-refractivity contribution in [3.8, 4) is 0 Å². The number of hydrogen-bond donors (Lipinski definition) is 1. The largest absolute Gasteiger partial charge is 0.378 e. The second kappa shape index (κ2) is 5.70. The molecule has 0 saturated carbocycles. The first-order valence-corrected chi connectivity index (χ1v) is 8.45. The van der Waals surface area contributed by atoms with Crippen LogP contribution in [0.1, 0.15) is 25.7 Å². The highest BCUT2D eigenvalue weighted by Gasteiger charge is 2.44. The van der Waals surface area contributed by atoms with Crippen molar-refractivity contribution in [3.63, 3.8) is 0 Å². The molecular weight excluding hydrogens is 246 g/mol. The van der Waals surface area contributed by atoms with Gasteiger partial charge in [-0.05, 0) is 49.7 Å². The third kappa shape index (κ3) is 2.58. The van der Waals surface area contributed by atoms with E-state index in [1.165, 1.54) is 30.8 Å². The smallest absolute Gasteiger partial charge is 0.0939 e. The topological polar surface area (TPSA) is 30.5 Å². The summed E-state index contributed by atoms with van der Waals surface area (Å²) in [6.45, 7) is 2.63. The van der Waals surface area contributed by atoms with E-state index in [0.717, 1.165) is 38.1 Å². The third-order valence-corrected chi connectivity index (χ3v) is 6.10. The van der Waals surface area contributed by atoms with Crippen molar-refractivity contribution in [2.45, 2.75) is 37.3 Å². The Kier molecular flexibility index (Phi) is 4.18. The molecule has 0 radical (unpaired) electrons. The van der Waals surface area contributed by atoms with Crippen LogP contribution in [0.25, 0.3) is 0 Å². The summed E-state index contributed by atoms with van der Waals surface area (Å²) >= 11 is 2.12. The lowest BCUT2D eigenvalue weighted by atomic mass is 9.77. The summed E-state index contributed by atoms with van der Waals surface area (Å²) < 4.78 is 11.6. The normalized spacial score (nSPS) is 42.5. The molecule has 0 aromatic carbocycles. The molecule has 0 aromatic rings. The maximum absolute atomic E-state index is 6.06. The van der Waals surface area contributed by atoms with Crippen LogP contribution in [0.15, 0.2) is 0 Å². The summed E-state index contributed by atoms with van der Waals surface area (Å²) in [6, 6.07) is 0.682. The minimum atomic E-state index is 0.0593. The van der Waals surface area contributed by atoms with E-state index in [-0.39, 0.29) is 5.60 Å². The van der Waals surface area contributed by atoms with Crippen molar-refractivity contribution in [2.75, 3.05) is 38.4 Å². The Hall–Kier alpha value is 0.230. The van der Waals surface area contributed by atoms with Gasteiger partial charge in [0.2, 0.25) is 0 Å². The van der Waals surface area contributed by atoms with Gasteiger partial charge >= 0.3 is 0 Å². The average molecular weight is 271 g/mol. The Morgan fingerprint density at radius 3 is 2.89 bits per heavy atom. The molecule has 104 valence electrons. The van der Waals surface area contributed by atoms with E-state index in [9.17, 15) is 0 Å². The van der Waals surface area contributed by atoms with Gasteiger partial charge < -0.3 is 14.8 Å². The maximum atomic E-state index is 6.06. The van der Waals surface area contributed by atoms with Crippen LogP contribution in [0.3, 0.4) is 0 Å². The van der Waals surface area contributed by atoms with E-state index < -0.39 is 0 Å². The van der Waals surface area contributed by atoms with E-state index in [1.54, 1.807) is 0 Å². The molecule has 1 spiro atoms. The second-order valence-corrected chi connectivity index (χ2v) is 7.17. The molecule has 0 bridgehead atoms. The van der Waals surface area contributed by atoms with Crippen LogP contribution >= 0.6 is 11.8 Å². The van der Waals surface area contributed by atoms with Gasteiger partial charge in [-0.1, -0.05) is 0 Å². The highest BCUT2D eigenvalue weighted by molar-refractivity contribution is 7.99. The molecule has 4 heteroatoms. The van der Waals surface area contributed by atoms with Crippen molar-refractivity contribution in [1.82, 2.24) is 5.32 Å². The van der Waals surface area contributed by atoms with Gasteiger partial charge in [0.1, 0.15) is 0 Å². The van der Waals surface area contributed by atoms with Crippen molar-refractivity contribution >= 4 is 11.8 Å².